The molecule has 0 fully saturated rings. The van der Waals surface area contributed by atoms with Crippen molar-refractivity contribution in [2.75, 3.05) is 21.3 Å². The van der Waals surface area contributed by atoms with E-state index in [1.807, 2.05) is 83.8 Å². The van der Waals surface area contributed by atoms with Gasteiger partial charge in [-0.1, -0.05) is 58.4 Å². The summed E-state index contributed by atoms with van der Waals surface area (Å²) in [4.78, 5) is 29.6. The minimum Gasteiger partial charge on any atom is -0.325 e. The van der Waals surface area contributed by atoms with Crippen molar-refractivity contribution >= 4 is 68.5 Å². The maximum absolute atomic E-state index is 13.5. The van der Waals surface area contributed by atoms with E-state index in [4.69, 9.17) is 0 Å². The van der Waals surface area contributed by atoms with Crippen LogP contribution < -0.4 is 15.5 Å². The Kier molecular flexibility index (Phi) is 7.32. The van der Waals surface area contributed by atoms with Gasteiger partial charge in [0.15, 0.2) is 0 Å². The lowest BCUT2D eigenvalue weighted by Crippen LogP contribution is -2.49. The van der Waals surface area contributed by atoms with Crippen molar-refractivity contribution in [1.29, 1.82) is 0 Å². The van der Waals surface area contributed by atoms with Crippen LogP contribution in [-0.2, 0) is 4.79 Å². The molecule has 3 amide bonds. The smallest absolute Gasteiger partial charge is 0.325 e. The zero-order valence-electron chi connectivity index (χ0n) is 18.6. The number of nitrogens with zero attached hydrogens (tertiary/aromatic N) is 1. The number of halogens is 1. The minimum atomic E-state index is -0.178. The molecule has 35 heavy (non-hydrogen) atoms. The van der Waals surface area contributed by atoms with Gasteiger partial charge in [0.1, 0.15) is 0 Å². The van der Waals surface area contributed by atoms with E-state index in [1.54, 1.807) is 11.8 Å². The Morgan fingerprint density at radius 1 is 0.914 bits per heavy atom. The number of amides is 3. The van der Waals surface area contributed by atoms with Gasteiger partial charge in [-0.25, -0.2) is 4.79 Å². The number of anilines is 3. The number of rotatable bonds is 5. The fourth-order valence-corrected chi connectivity index (χ4v) is 6.23. The number of thioether (sulfide) groups is 2. The fourth-order valence-electron chi connectivity index (χ4n) is 3.95. The highest BCUT2D eigenvalue weighted by atomic mass is 79.9. The van der Waals surface area contributed by atoms with E-state index < -0.39 is 0 Å². The molecule has 2 atom stereocenters. The van der Waals surface area contributed by atoms with Gasteiger partial charge in [-0.3, -0.25) is 9.69 Å². The van der Waals surface area contributed by atoms with Crippen molar-refractivity contribution in [3.05, 3.63) is 102 Å². The number of hydrogen-bond acceptors (Lipinski definition) is 4. The average molecular weight is 565 g/mol. The predicted molar refractivity (Wildman–Crippen MR) is 150 cm³/mol. The summed E-state index contributed by atoms with van der Waals surface area (Å²) in [6.07, 6.45) is 8.24. The number of benzene rings is 3. The Bertz CT molecular complexity index is 1310. The van der Waals surface area contributed by atoms with Crippen LogP contribution in [0.25, 0.3) is 0 Å². The standard InChI is InChI=1S/C27H22BrN3O2S2/c28-18-12-14-19(15-13-18)29-26(32)17-34-21-7-5-6-20(16-21)30-27(33)31-22-8-1-3-10-24(22)35-25-11-4-2-9-23(25)31/h1-16,22,24H,17H2,(H,29,32)(H,30,33). The second-order valence-electron chi connectivity index (χ2n) is 7.98. The largest absolute Gasteiger partial charge is 0.326 e. The van der Waals surface area contributed by atoms with Gasteiger partial charge in [0, 0.05) is 25.6 Å². The number of carbonyl (C=O) groups is 2. The van der Waals surface area contributed by atoms with Gasteiger partial charge in [0.2, 0.25) is 5.91 Å². The van der Waals surface area contributed by atoms with Crippen molar-refractivity contribution < 1.29 is 9.59 Å². The summed E-state index contributed by atoms with van der Waals surface area (Å²) in [5.41, 5.74) is 2.35. The van der Waals surface area contributed by atoms with Crippen molar-refractivity contribution in [3.63, 3.8) is 0 Å². The zero-order chi connectivity index (χ0) is 24.2. The molecule has 0 aromatic heterocycles. The van der Waals surface area contributed by atoms with Gasteiger partial charge in [0.05, 0.1) is 22.7 Å². The lowest BCUT2D eigenvalue weighted by atomic mass is 10.1. The molecule has 0 saturated heterocycles. The van der Waals surface area contributed by atoms with Crippen LogP contribution in [0, 0.1) is 0 Å². The van der Waals surface area contributed by atoms with Crippen LogP contribution in [0.2, 0.25) is 0 Å². The number of carbonyl (C=O) groups excluding carboxylic acids is 2. The molecule has 5 nitrogen and oxygen atoms in total. The van der Waals surface area contributed by atoms with Crippen LogP contribution in [0.3, 0.4) is 0 Å². The van der Waals surface area contributed by atoms with E-state index in [1.165, 1.54) is 11.8 Å². The van der Waals surface area contributed by atoms with E-state index in [2.05, 4.69) is 44.8 Å². The Balaban J connectivity index is 1.25. The van der Waals surface area contributed by atoms with Crippen LogP contribution in [0.15, 0.2) is 111 Å². The van der Waals surface area contributed by atoms with Gasteiger partial charge in [-0.2, -0.15) is 0 Å². The molecule has 0 saturated carbocycles. The lowest BCUT2D eigenvalue weighted by molar-refractivity contribution is -0.113. The van der Waals surface area contributed by atoms with Crippen molar-refractivity contribution in [3.8, 4) is 0 Å². The van der Waals surface area contributed by atoms with Gasteiger partial charge in [-0.05, 0) is 54.6 Å². The van der Waals surface area contributed by atoms with E-state index in [0.717, 1.165) is 25.6 Å². The van der Waals surface area contributed by atoms with Gasteiger partial charge < -0.3 is 10.6 Å². The molecule has 8 heteroatoms. The van der Waals surface area contributed by atoms with E-state index >= 15 is 0 Å². The summed E-state index contributed by atoms with van der Waals surface area (Å²) < 4.78 is 0.960. The Morgan fingerprint density at radius 3 is 2.57 bits per heavy atom. The molecular weight excluding hydrogens is 542 g/mol. The molecule has 1 aliphatic heterocycles. The van der Waals surface area contributed by atoms with Gasteiger partial charge in [0.25, 0.3) is 0 Å². The molecule has 0 radical (unpaired) electrons. The summed E-state index contributed by atoms with van der Waals surface area (Å²) in [5.74, 6) is 0.183. The SMILES string of the molecule is O=C(CSc1cccc(NC(=O)N2c3ccccc3SC3C=CC=CC32)c1)Nc1ccc(Br)cc1. The first kappa shape index (κ1) is 23.8. The third-order valence-corrected chi connectivity index (χ3v) is 8.37. The Labute approximate surface area is 221 Å². The van der Waals surface area contributed by atoms with Crippen LogP contribution >= 0.6 is 39.5 Å². The highest BCUT2D eigenvalue weighted by Gasteiger charge is 2.36. The minimum absolute atomic E-state index is 0.0558. The summed E-state index contributed by atoms with van der Waals surface area (Å²) in [6.45, 7) is 0. The quantitative estimate of drug-likeness (QED) is 0.322. The molecular formula is C27H22BrN3O2S2. The topological polar surface area (TPSA) is 61.4 Å². The zero-order valence-corrected chi connectivity index (χ0v) is 21.8. The lowest BCUT2D eigenvalue weighted by Gasteiger charge is -2.40. The number of para-hydroxylation sites is 1. The molecule has 176 valence electrons. The van der Waals surface area contributed by atoms with Crippen molar-refractivity contribution in [2.24, 2.45) is 0 Å². The third-order valence-electron chi connectivity index (χ3n) is 5.54. The molecule has 3 aromatic rings. The first-order valence-electron chi connectivity index (χ1n) is 11.1. The summed E-state index contributed by atoms with van der Waals surface area (Å²) >= 11 is 6.59. The molecule has 2 unspecified atom stereocenters. The number of hydrogen-bond donors (Lipinski definition) is 2. The molecule has 0 bridgehead atoms. The van der Waals surface area contributed by atoms with Crippen molar-refractivity contribution in [2.45, 2.75) is 21.1 Å². The van der Waals surface area contributed by atoms with E-state index in [-0.39, 0.29) is 29.0 Å². The summed E-state index contributed by atoms with van der Waals surface area (Å²) in [5, 5.41) is 6.13. The Morgan fingerprint density at radius 2 is 1.71 bits per heavy atom. The highest BCUT2D eigenvalue weighted by Crippen LogP contribution is 2.43. The predicted octanol–water partition coefficient (Wildman–Crippen LogP) is 7.19. The van der Waals surface area contributed by atoms with Gasteiger partial charge in [-0.15, -0.1) is 23.5 Å². The maximum atomic E-state index is 13.5. The average Bonchev–Trinajstić information content (AvgIpc) is 2.87. The van der Waals surface area contributed by atoms with E-state index in [9.17, 15) is 9.59 Å². The molecule has 2 aliphatic rings. The van der Waals surface area contributed by atoms with Gasteiger partial charge >= 0.3 is 6.03 Å². The van der Waals surface area contributed by atoms with Crippen LogP contribution in [-0.4, -0.2) is 29.0 Å². The third kappa shape index (κ3) is 5.66. The molecule has 0 spiro atoms. The highest BCUT2D eigenvalue weighted by molar-refractivity contribution is 9.10. The molecule has 3 aromatic carbocycles. The van der Waals surface area contributed by atoms with E-state index in [0.29, 0.717) is 5.69 Å². The molecule has 1 aliphatic carbocycles. The first-order chi connectivity index (χ1) is 17.1. The number of nitrogens with one attached hydrogen (secondary N) is 2. The molecule has 1 heterocycles. The maximum Gasteiger partial charge on any atom is 0.326 e. The number of allylic oxidation sites excluding steroid dienone is 2. The summed E-state index contributed by atoms with van der Waals surface area (Å²) in [6, 6.07) is 22.8. The van der Waals surface area contributed by atoms with Crippen LogP contribution in [0.1, 0.15) is 0 Å². The second kappa shape index (κ2) is 10.8. The Hall–Kier alpha value is -2.94. The van der Waals surface area contributed by atoms with Crippen LogP contribution in [0.5, 0.6) is 0 Å². The van der Waals surface area contributed by atoms with Crippen LogP contribution in [0.4, 0.5) is 21.9 Å². The monoisotopic (exact) mass is 563 g/mol. The molecule has 2 N–H and O–H groups in total. The van der Waals surface area contributed by atoms with Crippen molar-refractivity contribution in [1.82, 2.24) is 0 Å². The number of urea groups is 1. The fraction of sp³-hybridized carbons (Fsp3) is 0.111. The summed E-state index contributed by atoms with van der Waals surface area (Å²) in [7, 11) is 0. The first-order valence-corrected chi connectivity index (χ1v) is 13.7. The molecule has 5 rings (SSSR count). The second-order valence-corrected chi connectivity index (χ2v) is 11.2. The normalized spacial score (nSPS) is 17.9. The number of fused-ring (bicyclic) bond motifs is 2.